The van der Waals surface area contributed by atoms with E-state index in [0.717, 1.165) is 29.3 Å². The Labute approximate surface area is 121 Å². The summed E-state index contributed by atoms with van der Waals surface area (Å²) in [5.41, 5.74) is 3.59. The van der Waals surface area contributed by atoms with Crippen molar-refractivity contribution in [1.29, 1.82) is 0 Å². The SMILES string of the molecule is CCc1ncc(C)c(Nc2cccc(C(C)(C)C)c2)n1. The predicted octanol–water partition coefficient (Wildman–Crippen LogP) is 4.39. The molecule has 3 heteroatoms. The van der Waals surface area contributed by atoms with E-state index in [1.807, 2.05) is 13.1 Å². The maximum absolute atomic E-state index is 4.56. The maximum Gasteiger partial charge on any atom is 0.137 e. The van der Waals surface area contributed by atoms with Crippen LogP contribution in [0.1, 0.15) is 44.6 Å². The van der Waals surface area contributed by atoms with Crippen molar-refractivity contribution in [2.24, 2.45) is 0 Å². The molecule has 1 aromatic carbocycles. The lowest BCUT2D eigenvalue weighted by Crippen LogP contribution is -2.11. The minimum atomic E-state index is 0.146. The largest absolute Gasteiger partial charge is 0.340 e. The molecule has 1 aromatic heterocycles. The summed E-state index contributed by atoms with van der Waals surface area (Å²) in [5, 5.41) is 3.41. The van der Waals surface area contributed by atoms with Crippen LogP contribution < -0.4 is 5.32 Å². The molecule has 20 heavy (non-hydrogen) atoms. The molecule has 0 saturated heterocycles. The third kappa shape index (κ3) is 3.35. The normalized spacial score (nSPS) is 11.4. The lowest BCUT2D eigenvalue weighted by Gasteiger charge is -2.20. The molecule has 0 amide bonds. The van der Waals surface area contributed by atoms with E-state index in [4.69, 9.17) is 0 Å². The fourth-order valence-electron chi connectivity index (χ4n) is 1.98. The summed E-state index contributed by atoms with van der Waals surface area (Å²) < 4.78 is 0. The van der Waals surface area contributed by atoms with Crippen molar-refractivity contribution in [1.82, 2.24) is 9.97 Å². The Kier molecular flexibility index (Phi) is 4.07. The summed E-state index contributed by atoms with van der Waals surface area (Å²) in [6.45, 7) is 10.7. The van der Waals surface area contributed by atoms with Crippen molar-refractivity contribution in [3.8, 4) is 0 Å². The lowest BCUT2D eigenvalue weighted by atomic mass is 9.87. The van der Waals surface area contributed by atoms with Gasteiger partial charge in [0.25, 0.3) is 0 Å². The summed E-state index contributed by atoms with van der Waals surface area (Å²) in [6, 6.07) is 8.51. The zero-order valence-corrected chi connectivity index (χ0v) is 13.0. The number of hydrogen-bond acceptors (Lipinski definition) is 3. The van der Waals surface area contributed by atoms with Crippen LogP contribution in [0, 0.1) is 6.92 Å². The van der Waals surface area contributed by atoms with Crippen LogP contribution in [0.5, 0.6) is 0 Å². The van der Waals surface area contributed by atoms with Crippen LogP contribution in [0.2, 0.25) is 0 Å². The highest BCUT2D eigenvalue weighted by Gasteiger charge is 2.14. The van der Waals surface area contributed by atoms with Gasteiger partial charge in [-0.2, -0.15) is 0 Å². The summed E-state index contributed by atoms with van der Waals surface area (Å²) in [4.78, 5) is 8.86. The van der Waals surface area contributed by atoms with Crippen LogP contribution in [0.4, 0.5) is 11.5 Å². The Hall–Kier alpha value is -1.90. The minimum Gasteiger partial charge on any atom is -0.340 e. The number of nitrogens with zero attached hydrogens (tertiary/aromatic N) is 2. The number of aromatic nitrogens is 2. The van der Waals surface area contributed by atoms with Crippen molar-refractivity contribution in [2.45, 2.75) is 46.5 Å². The average Bonchev–Trinajstić information content (AvgIpc) is 2.41. The van der Waals surface area contributed by atoms with Crippen molar-refractivity contribution in [3.63, 3.8) is 0 Å². The van der Waals surface area contributed by atoms with Gasteiger partial charge in [0.1, 0.15) is 11.6 Å². The molecule has 0 radical (unpaired) electrons. The Balaban J connectivity index is 2.30. The highest BCUT2D eigenvalue weighted by molar-refractivity contribution is 5.60. The third-order valence-electron chi connectivity index (χ3n) is 3.33. The average molecular weight is 269 g/mol. The maximum atomic E-state index is 4.56. The number of hydrogen-bond donors (Lipinski definition) is 1. The molecule has 0 atom stereocenters. The molecule has 0 aliphatic heterocycles. The number of anilines is 2. The smallest absolute Gasteiger partial charge is 0.137 e. The second-order valence-corrected chi connectivity index (χ2v) is 6.13. The fraction of sp³-hybridized carbons (Fsp3) is 0.412. The molecule has 0 saturated carbocycles. The zero-order chi connectivity index (χ0) is 14.8. The second kappa shape index (κ2) is 5.61. The van der Waals surface area contributed by atoms with E-state index in [9.17, 15) is 0 Å². The van der Waals surface area contributed by atoms with Gasteiger partial charge < -0.3 is 5.32 Å². The number of nitrogens with one attached hydrogen (secondary N) is 1. The molecule has 0 unspecified atom stereocenters. The molecular formula is C17H23N3. The van der Waals surface area contributed by atoms with Crippen molar-refractivity contribution in [3.05, 3.63) is 47.4 Å². The van der Waals surface area contributed by atoms with Crippen molar-refractivity contribution in [2.75, 3.05) is 5.32 Å². The first-order valence-electron chi connectivity index (χ1n) is 7.10. The number of aryl methyl sites for hydroxylation is 2. The molecule has 0 aliphatic rings. The minimum absolute atomic E-state index is 0.146. The van der Waals surface area contributed by atoms with Gasteiger partial charge in [-0.1, -0.05) is 39.8 Å². The van der Waals surface area contributed by atoms with Crippen molar-refractivity contribution >= 4 is 11.5 Å². The van der Waals surface area contributed by atoms with Crippen LogP contribution in [0.15, 0.2) is 30.5 Å². The Bertz CT molecular complexity index is 597. The van der Waals surface area contributed by atoms with Crippen LogP contribution in [0.25, 0.3) is 0 Å². The highest BCUT2D eigenvalue weighted by atomic mass is 15.0. The van der Waals surface area contributed by atoms with Gasteiger partial charge >= 0.3 is 0 Å². The van der Waals surface area contributed by atoms with E-state index >= 15 is 0 Å². The van der Waals surface area contributed by atoms with Gasteiger partial charge in [-0.05, 0) is 30.0 Å². The molecule has 1 N–H and O–H groups in total. The topological polar surface area (TPSA) is 37.8 Å². The predicted molar refractivity (Wildman–Crippen MR) is 84.6 cm³/mol. The molecule has 0 fully saturated rings. The molecule has 1 heterocycles. The first kappa shape index (κ1) is 14.5. The summed E-state index contributed by atoms with van der Waals surface area (Å²) >= 11 is 0. The summed E-state index contributed by atoms with van der Waals surface area (Å²) in [5.74, 6) is 1.76. The zero-order valence-electron chi connectivity index (χ0n) is 13.0. The van der Waals surface area contributed by atoms with E-state index in [1.54, 1.807) is 0 Å². The Morgan fingerprint density at radius 1 is 1.20 bits per heavy atom. The monoisotopic (exact) mass is 269 g/mol. The lowest BCUT2D eigenvalue weighted by molar-refractivity contribution is 0.590. The van der Waals surface area contributed by atoms with Crippen LogP contribution in [0.3, 0.4) is 0 Å². The van der Waals surface area contributed by atoms with Gasteiger partial charge in [-0.3, -0.25) is 0 Å². The molecule has 0 bridgehead atoms. The first-order chi connectivity index (χ1) is 9.40. The fourth-order valence-corrected chi connectivity index (χ4v) is 1.98. The van der Waals surface area contributed by atoms with E-state index < -0.39 is 0 Å². The number of rotatable bonds is 3. The Morgan fingerprint density at radius 3 is 2.60 bits per heavy atom. The Morgan fingerprint density at radius 2 is 1.95 bits per heavy atom. The van der Waals surface area contributed by atoms with E-state index in [-0.39, 0.29) is 5.41 Å². The van der Waals surface area contributed by atoms with Gasteiger partial charge in [0.2, 0.25) is 0 Å². The third-order valence-corrected chi connectivity index (χ3v) is 3.33. The molecular weight excluding hydrogens is 246 g/mol. The highest BCUT2D eigenvalue weighted by Crippen LogP contribution is 2.26. The standard InChI is InChI=1S/C17H23N3/c1-6-15-18-11-12(2)16(20-15)19-14-9-7-8-13(10-14)17(3,4)5/h7-11H,6H2,1-5H3,(H,18,19,20). The van der Waals surface area contributed by atoms with Gasteiger partial charge in [-0.25, -0.2) is 9.97 Å². The van der Waals surface area contributed by atoms with Crippen LogP contribution in [-0.4, -0.2) is 9.97 Å². The summed E-state index contributed by atoms with van der Waals surface area (Å²) in [6.07, 6.45) is 2.72. The van der Waals surface area contributed by atoms with E-state index in [1.165, 1.54) is 5.56 Å². The van der Waals surface area contributed by atoms with Gasteiger partial charge in [0.15, 0.2) is 0 Å². The molecule has 106 valence electrons. The van der Waals surface area contributed by atoms with Crippen LogP contribution in [-0.2, 0) is 11.8 Å². The molecule has 2 aromatic rings. The van der Waals surface area contributed by atoms with Gasteiger partial charge in [0.05, 0.1) is 0 Å². The molecule has 2 rings (SSSR count). The van der Waals surface area contributed by atoms with Gasteiger partial charge in [0, 0.05) is 23.9 Å². The second-order valence-electron chi connectivity index (χ2n) is 6.13. The molecule has 0 spiro atoms. The molecule has 3 nitrogen and oxygen atoms in total. The van der Waals surface area contributed by atoms with E-state index in [0.29, 0.717) is 0 Å². The first-order valence-corrected chi connectivity index (χ1v) is 7.10. The van der Waals surface area contributed by atoms with Crippen LogP contribution >= 0.6 is 0 Å². The quantitative estimate of drug-likeness (QED) is 0.898. The summed E-state index contributed by atoms with van der Waals surface area (Å²) in [7, 11) is 0. The van der Waals surface area contributed by atoms with Crippen molar-refractivity contribution < 1.29 is 0 Å². The number of benzene rings is 1. The molecule has 0 aliphatic carbocycles. The van der Waals surface area contributed by atoms with Gasteiger partial charge in [-0.15, -0.1) is 0 Å². The van der Waals surface area contributed by atoms with E-state index in [2.05, 4.69) is 67.2 Å².